The van der Waals surface area contributed by atoms with E-state index < -0.39 is 80.0 Å². The van der Waals surface area contributed by atoms with Gasteiger partial charge in [0.25, 0.3) is 0 Å². The average Bonchev–Trinajstić information content (AvgIpc) is 2.94. The van der Waals surface area contributed by atoms with Crippen molar-refractivity contribution in [1.29, 1.82) is 0 Å². The van der Waals surface area contributed by atoms with Gasteiger partial charge in [-0.3, -0.25) is 0 Å². The first-order valence-electron chi connectivity index (χ1n) is 10.7. The Bertz CT molecular complexity index is 1320. The van der Waals surface area contributed by atoms with Crippen LogP contribution in [0.25, 0.3) is 0 Å². The third-order valence-corrected chi connectivity index (χ3v) is 6.33. The zero-order chi connectivity index (χ0) is 27.7. The molecule has 2 N–H and O–H groups in total. The molecule has 0 bridgehead atoms. The van der Waals surface area contributed by atoms with E-state index in [2.05, 4.69) is 10.6 Å². The quantitative estimate of drug-likeness (QED) is 0.130. The van der Waals surface area contributed by atoms with Crippen LogP contribution in [0.2, 0.25) is 10.0 Å². The summed E-state index contributed by atoms with van der Waals surface area (Å²) < 4.78 is 116. The second-order valence-electron chi connectivity index (χ2n) is 7.96. The van der Waals surface area contributed by atoms with Crippen molar-refractivity contribution in [2.24, 2.45) is 0 Å². The SMILES string of the molecule is Fc1c(F)c(NC(c2ccccc2)C(Nc2c(F)c(F)c(Cl)c(F)c2F)c2ccccc2)c(F)c(F)c1Cl. The standard InChI is InChI=1S/C26H14Cl2F8N2/c27-13-15(29)19(33)25(20(34)16(13)30)37-23(11-7-3-1-4-8-11)24(12-9-5-2-6-10-12)38-26-21(35)17(31)14(28)18(32)22(26)36/h1-10,23-24,37-38H. The first kappa shape index (κ1) is 27.5. The van der Waals surface area contributed by atoms with Crippen LogP contribution < -0.4 is 10.6 Å². The molecule has 0 aliphatic rings. The molecule has 0 aliphatic carbocycles. The number of hydrogen-bond donors (Lipinski definition) is 2. The Labute approximate surface area is 220 Å². The maximum atomic E-state index is 14.8. The molecule has 0 aliphatic heterocycles. The average molecular weight is 577 g/mol. The molecule has 0 amide bonds. The van der Waals surface area contributed by atoms with Crippen LogP contribution in [0.1, 0.15) is 23.2 Å². The second kappa shape index (κ2) is 11.1. The van der Waals surface area contributed by atoms with Crippen LogP contribution in [-0.4, -0.2) is 0 Å². The van der Waals surface area contributed by atoms with Gasteiger partial charge in [0, 0.05) is 0 Å². The molecule has 0 radical (unpaired) electrons. The minimum Gasteiger partial charge on any atom is -0.371 e. The molecule has 0 saturated heterocycles. The summed E-state index contributed by atoms with van der Waals surface area (Å²) in [6.45, 7) is 0. The number of halogens is 10. The molecule has 0 heterocycles. The Morgan fingerprint density at radius 1 is 0.421 bits per heavy atom. The second-order valence-corrected chi connectivity index (χ2v) is 8.71. The molecule has 0 aromatic heterocycles. The lowest BCUT2D eigenvalue weighted by Crippen LogP contribution is -2.28. The number of anilines is 2. The van der Waals surface area contributed by atoms with E-state index in [-0.39, 0.29) is 11.1 Å². The molecule has 4 aromatic rings. The van der Waals surface area contributed by atoms with E-state index in [4.69, 9.17) is 23.2 Å². The molecule has 38 heavy (non-hydrogen) atoms. The Morgan fingerprint density at radius 2 is 0.684 bits per heavy atom. The predicted octanol–water partition coefficient (Wildman–Crippen LogP) is 9.11. The van der Waals surface area contributed by atoms with Crippen molar-refractivity contribution < 1.29 is 35.1 Å². The highest BCUT2D eigenvalue weighted by Gasteiger charge is 2.33. The summed E-state index contributed by atoms with van der Waals surface area (Å²) in [7, 11) is 0. The van der Waals surface area contributed by atoms with Crippen LogP contribution in [0.3, 0.4) is 0 Å². The van der Waals surface area contributed by atoms with Crippen LogP contribution in [0.15, 0.2) is 60.7 Å². The summed E-state index contributed by atoms with van der Waals surface area (Å²) in [6.07, 6.45) is 0. The lowest BCUT2D eigenvalue weighted by atomic mass is 9.92. The van der Waals surface area contributed by atoms with Gasteiger partial charge in [-0.1, -0.05) is 83.9 Å². The van der Waals surface area contributed by atoms with Crippen molar-refractivity contribution in [2.45, 2.75) is 12.1 Å². The summed E-state index contributed by atoms with van der Waals surface area (Å²) in [5.41, 5.74) is -2.18. The van der Waals surface area contributed by atoms with Crippen molar-refractivity contribution in [3.8, 4) is 0 Å². The fraction of sp³-hybridized carbons (Fsp3) is 0.0769. The highest BCUT2D eigenvalue weighted by molar-refractivity contribution is 6.31. The molecule has 2 atom stereocenters. The van der Waals surface area contributed by atoms with Gasteiger partial charge in [0.1, 0.15) is 21.4 Å². The summed E-state index contributed by atoms with van der Waals surface area (Å²) >= 11 is 10.6. The molecular weight excluding hydrogens is 563 g/mol. The molecule has 4 rings (SSSR count). The third kappa shape index (κ3) is 4.98. The molecule has 4 aromatic carbocycles. The zero-order valence-corrected chi connectivity index (χ0v) is 20.2. The molecule has 2 nitrogen and oxygen atoms in total. The number of benzene rings is 4. The van der Waals surface area contributed by atoms with Gasteiger partial charge < -0.3 is 10.6 Å². The van der Waals surface area contributed by atoms with Gasteiger partial charge >= 0.3 is 0 Å². The maximum Gasteiger partial charge on any atom is 0.186 e. The predicted molar refractivity (Wildman–Crippen MR) is 128 cm³/mol. The first-order valence-corrected chi connectivity index (χ1v) is 11.5. The van der Waals surface area contributed by atoms with Crippen molar-refractivity contribution in [2.75, 3.05) is 10.6 Å². The van der Waals surface area contributed by atoms with Gasteiger partial charge in [-0.2, -0.15) is 0 Å². The van der Waals surface area contributed by atoms with E-state index in [1.54, 1.807) is 12.1 Å². The maximum absolute atomic E-state index is 14.8. The van der Waals surface area contributed by atoms with Crippen LogP contribution in [0.4, 0.5) is 46.5 Å². The van der Waals surface area contributed by atoms with Gasteiger partial charge in [0.15, 0.2) is 46.5 Å². The van der Waals surface area contributed by atoms with E-state index in [9.17, 15) is 35.1 Å². The van der Waals surface area contributed by atoms with Crippen LogP contribution in [0.5, 0.6) is 0 Å². The van der Waals surface area contributed by atoms with E-state index in [1.807, 2.05) is 0 Å². The molecule has 2 unspecified atom stereocenters. The minimum atomic E-state index is -1.89. The normalized spacial score (nSPS) is 12.8. The Morgan fingerprint density at radius 3 is 0.947 bits per heavy atom. The largest absolute Gasteiger partial charge is 0.371 e. The van der Waals surface area contributed by atoms with E-state index in [0.29, 0.717) is 0 Å². The number of hydrogen-bond acceptors (Lipinski definition) is 2. The molecule has 12 heteroatoms. The minimum absolute atomic E-state index is 0.194. The highest BCUT2D eigenvalue weighted by Crippen LogP contribution is 2.41. The number of nitrogens with one attached hydrogen (secondary N) is 2. The Hall–Kier alpha value is -3.50. The van der Waals surface area contributed by atoms with Crippen molar-refractivity contribution in [3.63, 3.8) is 0 Å². The van der Waals surface area contributed by atoms with Crippen molar-refractivity contribution in [1.82, 2.24) is 0 Å². The van der Waals surface area contributed by atoms with E-state index in [1.165, 1.54) is 48.5 Å². The zero-order valence-electron chi connectivity index (χ0n) is 18.7. The smallest absolute Gasteiger partial charge is 0.186 e. The fourth-order valence-electron chi connectivity index (χ4n) is 3.81. The summed E-state index contributed by atoms with van der Waals surface area (Å²) in [5, 5.41) is 1.82. The third-order valence-electron chi connectivity index (χ3n) is 5.67. The van der Waals surface area contributed by atoms with Gasteiger partial charge in [-0.05, 0) is 11.1 Å². The van der Waals surface area contributed by atoms with Crippen LogP contribution in [-0.2, 0) is 0 Å². The summed E-state index contributed by atoms with van der Waals surface area (Å²) in [5.74, 6) is -15.0. The van der Waals surface area contributed by atoms with Gasteiger partial charge in [-0.15, -0.1) is 0 Å². The van der Waals surface area contributed by atoms with Crippen molar-refractivity contribution >= 4 is 34.6 Å². The molecule has 0 fully saturated rings. The Kier molecular flexibility index (Phi) is 8.03. The molecule has 0 saturated carbocycles. The fourth-order valence-corrected chi connectivity index (χ4v) is 4.15. The lowest BCUT2D eigenvalue weighted by Gasteiger charge is -2.32. The summed E-state index contributed by atoms with van der Waals surface area (Å²) in [4.78, 5) is 0. The van der Waals surface area contributed by atoms with Gasteiger partial charge in [-0.25, -0.2) is 35.1 Å². The van der Waals surface area contributed by atoms with Crippen LogP contribution in [0, 0.1) is 46.5 Å². The topological polar surface area (TPSA) is 24.1 Å². The molecular formula is C26H14Cl2F8N2. The lowest BCUT2D eigenvalue weighted by molar-refractivity contribution is 0.452. The van der Waals surface area contributed by atoms with Gasteiger partial charge in [0.2, 0.25) is 0 Å². The number of rotatable bonds is 7. The van der Waals surface area contributed by atoms with Crippen molar-refractivity contribution in [3.05, 3.63) is 128 Å². The van der Waals surface area contributed by atoms with E-state index >= 15 is 0 Å². The molecule has 0 spiro atoms. The Balaban J connectivity index is 1.94. The highest BCUT2D eigenvalue weighted by atomic mass is 35.5. The van der Waals surface area contributed by atoms with E-state index in [0.717, 1.165) is 0 Å². The monoisotopic (exact) mass is 576 g/mol. The molecule has 198 valence electrons. The summed E-state index contributed by atoms with van der Waals surface area (Å²) in [6, 6.07) is 12.0. The van der Waals surface area contributed by atoms with Crippen LogP contribution >= 0.6 is 23.2 Å². The first-order chi connectivity index (χ1) is 18.0. The van der Waals surface area contributed by atoms with Gasteiger partial charge in [0.05, 0.1) is 12.1 Å².